The molecule has 0 bridgehead atoms. The average molecular weight is 190 g/mol. The van der Waals surface area contributed by atoms with E-state index in [1.54, 1.807) is 0 Å². The van der Waals surface area contributed by atoms with Crippen LogP contribution in [-0.4, -0.2) is 11.1 Å². The molecule has 0 saturated carbocycles. The van der Waals surface area contributed by atoms with Crippen molar-refractivity contribution in [1.29, 1.82) is 0 Å². The Bertz CT molecular complexity index is 232. The second-order valence-electron chi connectivity index (χ2n) is 2.79. The normalized spacial score (nSPS) is 9.58. The van der Waals surface area contributed by atoms with Gasteiger partial charge in [0, 0.05) is 6.92 Å². The van der Waals surface area contributed by atoms with Crippen LogP contribution in [0, 0.1) is 6.92 Å². The van der Waals surface area contributed by atoms with Gasteiger partial charge in [-0.1, -0.05) is 0 Å². The van der Waals surface area contributed by atoms with Crippen LogP contribution in [0.3, 0.4) is 0 Å². The highest BCUT2D eigenvalue weighted by Gasteiger charge is 2.06. The van der Waals surface area contributed by atoms with Gasteiger partial charge in [-0.3, -0.25) is 0 Å². The third-order valence-electron chi connectivity index (χ3n) is 2.00. The predicted molar refractivity (Wildman–Crippen MR) is 44.0 cm³/mol. The van der Waals surface area contributed by atoms with Crippen LogP contribution in [0.15, 0.2) is 12.4 Å². The molecule has 0 radical (unpaired) electrons. The Labute approximate surface area is 79.6 Å². The van der Waals surface area contributed by atoms with Crippen molar-refractivity contribution in [2.45, 2.75) is 19.9 Å². The molecule has 0 amide bonds. The van der Waals surface area contributed by atoms with E-state index < -0.39 is 0 Å². The smallest absolute Gasteiger partial charge is 0.253 e. The molecule has 0 aliphatic heterocycles. The summed E-state index contributed by atoms with van der Waals surface area (Å²) < 4.78 is 4.32. The number of hydrogen-bond acceptors (Lipinski definition) is 1. The van der Waals surface area contributed by atoms with Gasteiger partial charge in [0.25, 0.3) is 5.82 Å². The van der Waals surface area contributed by atoms with Crippen LogP contribution in [0.4, 0.5) is 0 Å². The average Bonchev–Trinajstić information content (AvgIpc) is 2.31. The summed E-state index contributed by atoms with van der Waals surface area (Å²) >= 11 is 0. The van der Waals surface area contributed by atoms with E-state index >= 15 is 0 Å². The van der Waals surface area contributed by atoms with Gasteiger partial charge in [0.15, 0.2) is 0 Å². The molecule has 12 heavy (non-hydrogen) atoms. The van der Waals surface area contributed by atoms with Gasteiger partial charge < -0.3 is 18.1 Å². The third-order valence-corrected chi connectivity index (χ3v) is 2.00. The first-order chi connectivity index (χ1) is 5.25. The summed E-state index contributed by atoms with van der Waals surface area (Å²) in [6.07, 6.45) is 5.20. The molecule has 2 N–H and O–H groups in total. The summed E-state index contributed by atoms with van der Waals surface area (Å²) in [5.41, 5.74) is 5.41. The first-order valence-corrected chi connectivity index (χ1v) is 3.97. The van der Waals surface area contributed by atoms with Crippen LogP contribution in [0.25, 0.3) is 0 Å². The lowest BCUT2D eigenvalue weighted by Crippen LogP contribution is -3.00. The van der Waals surface area contributed by atoms with Gasteiger partial charge in [0.05, 0.1) is 13.6 Å². The number of rotatable bonds is 3. The number of aryl methyl sites for hydroxylation is 2. The van der Waals surface area contributed by atoms with Gasteiger partial charge in [-0.25, -0.2) is 9.13 Å². The van der Waals surface area contributed by atoms with Crippen molar-refractivity contribution in [2.24, 2.45) is 12.8 Å². The first kappa shape index (κ1) is 11.5. The quantitative estimate of drug-likeness (QED) is 0.505. The number of halogens is 1. The Hall–Kier alpha value is -0.540. The molecule has 0 aromatic carbocycles. The van der Waals surface area contributed by atoms with Crippen LogP contribution >= 0.6 is 0 Å². The van der Waals surface area contributed by atoms with Gasteiger partial charge in [-0.15, -0.1) is 0 Å². The molecule has 1 aromatic rings. The van der Waals surface area contributed by atoms with Crippen LogP contribution in [0.1, 0.15) is 12.2 Å². The molecule has 0 aliphatic carbocycles. The van der Waals surface area contributed by atoms with Crippen LogP contribution in [0.5, 0.6) is 0 Å². The van der Waals surface area contributed by atoms with Crippen molar-refractivity contribution in [2.75, 3.05) is 6.54 Å². The predicted octanol–water partition coefficient (Wildman–Crippen LogP) is -3.03. The van der Waals surface area contributed by atoms with Gasteiger partial charge in [-0.05, 0) is 13.0 Å². The summed E-state index contributed by atoms with van der Waals surface area (Å²) in [4.78, 5) is 0. The van der Waals surface area contributed by atoms with Gasteiger partial charge in [-0.2, -0.15) is 0 Å². The Morgan fingerprint density at radius 1 is 1.58 bits per heavy atom. The molecule has 0 atom stereocenters. The number of nitrogens with zero attached hydrogens (tertiary/aromatic N) is 2. The topological polar surface area (TPSA) is 34.8 Å². The summed E-state index contributed by atoms with van der Waals surface area (Å²) in [6.45, 7) is 3.90. The van der Waals surface area contributed by atoms with E-state index in [4.69, 9.17) is 5.73 Å². The minimum absolute atomic E-state index is 0. The lowest BCUT2D eigenvalue weighted by molar-refractivity contribution is -0.677. The van der Waals surface area contributed by atoms with Gasteiger partial charge in [0.1, 0.15) is 12.4 Å². The van der Waals surface area contributed by atoms with Crippen LogP contribution < -0.4 is 22.7 Å². The van der Waals surface area contributed by atoms with Crippen molar-refractivity contribution >= 4 is 0 Å². The van der Waals surface area contributed by atoms with Crippen molar-refractivity contribution < 1.29 is 17.0 Å². The number of imidazole rings is 1. The van der Waals surface area contributed by atoms with Crippen molar-refractivity contribution in [3.63, 3.8) is 0 Å². The van der Waals surface area contributed by atoms with E-state index in [2.05, 4.69) is 28.5 Å². The number of nitrogens with two attached hydrogens (primary N) is 1. The molecule has 0 spiro atoms. The molecule has 0 unspecified atom stereocenters. The molecule has 0 fully saturated rings. The molecule has 0 saturated heterocycles. The van der Waals surface area contributed by atoms with E-state index in [1.165, 1.54) is 5.82 Å². The van der Waals surface area contributed by atoms with Gasteiger partial charge >= 0.3 is 0 Å². The Morgan fingerprint density at radius 2 is 2.25 bits per heavy atom. The lowest BCUT2D eigenvalue weighted by atomic mass is 10.4. The molecule has 1 rings (SSSR count). The van der Waals surface area contributed by atoms with E-state index in [0.29, 0.717) is 0 Å². The minimum atomic E-state index is 0. The summed E-state index contributed by atoms with van der Waals surface area (Å²) in [6, 6.07) is 0. The molecule has 1 aromatic heterocycles. The number of aromatic nitrogens is 2. The second kappa shape index (κ2) is 5.17. The highest BCUT2D eigenvalue weighted by molar-refractivity contribution is 4.78. The highest BCUT2D eigenvalue weighted by atomic mass is 35.5. The minimum Gasteiger partial charge on any atom is -1.00 e. The van der Waals surface area contributed by atoms with E-state index in [9.17, 15) is 0 Å². The lowest BCUT2D eigenvalue weighted by Gasteiger charge is -1.95. The molecule has 3 nitrogen and oxygen atoms in total. The van der Waals surface area contributed by atoms with Crippen molar-refractivity contribution in [3.8, 4) is 0 Å². The fraction of sp³-hybridized carbons (Fsp3) is 0.625. The summed E-state index contributed by atoms with van der Waals surface area (Å²) in [5.74, 6) is 1.28. The third kappa shape index (κ3) is 2.50. The van der Waals surface area contributed by atoms with Crippen molar-refractivity contribution in [3.05, 3.63) is 18.2 Å². The first-order valence-electron chi connectivity index (χ1n) is 3.97. The van der Waals surface area contributed by atoms with Crippen LogP contribution in [0.2, 0.25) is 0 Å². The Morgan fingerprint density at radius 3 is 2.67 bits per heavy atom. The molecule has 70 valence electrons. The molecular formula is C8H16ClN3. The van der Waals surface area contributed by atoms with Crippen LogP contribution in [-0.2, 0) is 13.6 Å². The highest BCUT2D eigenvalue weighted by Crippen LogP contribution is 1.93. The Kier molecular flexibility index (Phi) is 4.93. The van der Waals surface area contributed by atoms with Crippen molar-refractivity contribution in [1.82, 2.24) is 4.57 Å². The largest absolute Gasteiger partial charge is 1.00 e. The molecule has 0 aliphatic rings. The van der Waals surface area contributed by atoms with E-state index in [0.717, 1.165) is 19.5 Å². The molecule has 4 heteroatoms. The maximum atomic E-state index is 5.41. The molecule has 1 heterocycles. The second-order valence-corrected chi connectivity index (χ2v) is 2.79. The fourth-order valence-electron chi connectivity index (χ4n) is 1.10. The zero-order valence-corrected chi connectivity index (χ0v) is 8.38. The van der Waals surface area contributed by atoms with E-state index in [1.807, 2.05) is 7.05 Å². The zero-order chi connectivity index (χ0) is 8.27. The zero-order valence-electron chi connectivity index (χ0n) is 7.63. The van der Waals surface area contributed by atoms with Gasteiger partial charge in [0.2, 0.25) is 0 Å². The summed E-state index contributed by atoms with van der Waals surface area (Å²) in [7, 11) is 2.05. The molecular weight excluding hydrogens is 174 g/mol. The fourth-order valence-corrected chi connectivity index (χ4v) is 1.10. The Balaban J connectivity index is 0.00000121. The summed E-state index contributed by atoms with van der Waals surface area (Å²) in [5, 5.41) is 0. The standard InChI is InChI=1S/C8H16N3.ClH/c1-8-10(2)6-7-11(8)5-3-4-9;/h6-7H,3-5,9H2,1-2H3;1H/q+1;/p-1. The van der Waals surface area contributed by atoms with E-state index in [-0.39, 0.29) is 12.4 Å². The maximum absolute atomic E-state index is 5.41. The SMILES string of the molecule is Cc1n(CCCN)cc[n+]1C.[Cl-]. The number of hydrogen-bond donors (Lipinski definition) is 1. The monoisotopic (exact) mass is 189 g/mol. The maximum Gasteiger partial charge on any atom is 0.253 e.